The van der Waals surface area contributed by atoms with Gasteiger partial charge in [0.15, 0.2) is 0 Å². The maximum absolute atomic E-state index is 12.3. The van der Waals surface area contributed by atoms with Crippen LogP contribution in [0.2, 0.25) is 6.04 Å². The summed E-state index contributed by atoms with van der Waals surface area (Å²) in [6, 6.07) is 0.267. The number of carbonyl (C=O) groups excluding carboxylic acids is 2. The zero-order chi connectivity index (χ0) is 25.5. The summed E-state index contributed by atoms with van der Waals surface area (Å²) in [7, 11) is -7.10. The smallest absolute Gasteiger partial charge is 0.748 e. The van der Waals surface area contributed by atoms with Crippen molar-refractivity contribution in [1.29, 1.82) is 0 Å². The molecule has 3 N–H and O–H groups in total. The number of hydrogen-bond acceptors (Lipinski definition) is 9. The molecular weight excluding hydrogens is 513 g/mol. The summed E-state index contributed by atoms with van der Waals surface area (Å²) in [5.41, 5.74) is 0. The fraction of sp³-hybridized carbons (Fsp3) is 0.895. The molecule has 1 atom stereocenters. The third-order valence-electron chi connectivity index (χ3n) is 4.25. The number of carbonyl (C=O) groups is 2. The molecular formula is C19H40N3NaO8S2Si. The van der Waals surface area contributed by atoms with Crippen molar-refractivity contribution in [3.8, 4) is 0 Å². The molecule has 0 heterocycles. The summed E-state index contributed by atoms with van der Waals surface area (Å²) in [5.74, 6) is -1.02. The van der Waals surface area contributed by atoms with Gasteiger partial charge in [-0.15, -0.1) is 11.8 Å². The average Bonchev–Trinajstić information content (AvgIpc) is 2.68. The third kappa shape index (κ3) is 17.5. The van der Waals surface area contributed by atoms with Crippen LogP contribution in [0.5, 0.6) is 0 Å². The second-order valence-electron chi connectivity index (χ2n) is 7.74. The fourth-order valence-corrected chi connectivity index (χ4v) is 6.69. The van der Waals surface area contributed by atoms with Crippen LogP contribution in [0.3, 0.4) is 0 Å². The van der Waals surface area contributed by atoms with Gasteiger partial charge in [-0.1, -0.05) is 6.92 Å². The molecule has 0 aliphatic heterocycles. The van der Waals surface area contributed by atoms with Gasteiger partial charge >= 0.3 is 44.4 Å². The maximum atomic E-state index is 12.3. The van der Waals surface area contributed by atoms with Gasteiger partial charge in [0.2, 0.25) is 5.91 Å². The largest absolute Gasteiger partial charge is 1.00 e. The van der Waals surface area contributed by atoms with E-state index in [1.54, 1.807) is 6.92 Å². The van der Waals surface area contributed by atoms with Crippen molar-refractivity contribution in [2.24, 2.45) is 5.92 Å². The predicted octanol–water partition coefficient (Wildman–Crippen LogP) is -1.51. The van der Waals surface area contributed by atoms with Crippen molar-refractivity contribution in [2.75, 3.05) is 44.4 Å². The van der Waals surface area contributed by atoms with Gasteiger partial charge in [-0.25, -0.2) is 13.2 Å². The Kier molecular flexibility index (Phi) is 19.6. The Bertz CT molecular complexity index is 684. The monoisotopic (exact) mass is 553 g/mol. The van der Waals surface area contributed by atoms with E-state index >= 15 is 0 Å². The van der Waals surface area contributed by atoms with E-state index in [0.717, 1.165) is 0 Å². The van der Waals surface area contributed by atoms with Crippen molar-refractivity contribution in [3.05, 3.63) is 0 Å². The Balaban J connectivity index is 0. The standard InChI is InChI=1S/C19H41N3O8S2Si.Na/c1-7-28-33(29-8-2,30-9-3)14-10-11-21-18(24)22-19(5,6)31-15-16(4)17(23)20-12-13-32(25,26)27;/h16H,7-15H2,1-6H3,(H,20,23)(H2,21,22,24)(H,25,26,27);/q;+1/p-1. The van der Waals surface area contributed by atoms with E-state index < -0.39 is 35.5 Å². The first-order chi connectivity index (χ1) is 15.3. The molecule has 0 aliphatic rings. The topological polar surface area (TPSA) is 155 Å². The van der Waals surface area contributed by atoms with Crippen molar-refractivity contribution in [2.45, 2.75) is 58.9 Å². The molecule has 0 saturated carbocycles. The molecule has 0 bridgehead atoms. The zero-order valence-electron chi connectivity index (χ0n) is 21.5. The fourth-order valence-electron chi connectivity index (χ4n) is 2.74. The molecule has 34 heavy (non-hydrogen) atoms. The summed E-state index contributed by atoms with van der Waals surface area (Å²) < 4.78 is 49.2. The summed E-state index contributed by atoms with van der Waals surface area (Å²) >= 11 is 1.38. The van der Waals surface area contributed by atoms with Gasteiger partial charge in [-0.05, 0) is 41.0 Å². The van der Waals surface area contributed by atoms with Gasteiger partial charge in [0, 0.05) is 50.6 Å². The number of amides is 3. The molecule has 0 aromatic rings. The predicted molar refractivity (Wildman–Crippen MR) is 130 cm³/mol. The minimum Gasteiger partial charge on any atom is -0.748 e. The van der Waals surface area contributed by atoms with Crippen LogP contribution < -0.4 is 45.5 Å². The van der Waals surface area contributed by atoms with Crippen LogP contribution >= 0.6 is 11.8 Å². The van der Waals surface area contributed by atoms with E-state index in [0.29, 0.717) is 44.6 Å². The van der Waals surface area contributed by atoms with E-state index in [-0.39, 0.29) is 48.0 Å². The number of hydrogen-bond donors (Lipinski definition) is 3. The third-order valence-corrected chi connectivity index (χ3v) is 9.59. The molecule has 3 amide bonds. The number of urea groups is 1. The van der Waals surface area contributed by atoms with Crippen molar-refractivity contribution in [3.63, 3.8) is 0 Å². The van der Waals surface area contributed by atoms with Gasteiger partial charge in [-0.2, -0.15) is 0 Å². The summed E-state index contributed by atoms with van der Waals surface area (Å²) in [6.07, 6.45) is 0.642. The van der Waals surface area contributed by atoms with Crippen LogP contribution in [-0.2, 0) is 28.2 Å². The molecule has 0 saturated heterocycles. The Morgan fingerprint density at radius 1 is 1.03 bits per heavy atom. The van der Waals surface area contributed by atoms with Gasteiger partial charge in [0.05, 0.1) is 20.7 Å². The number of rotatable bonds is 18. The van der Waals surface area contributed by atoms with Crippen LogP contribution in [0.4, 0.5) is 4.79 Å². The minimum absolute atomic E-state index is 0. The molecule has 196 valence electrons. The Hall–Kier alpha value is 0.0969. The first-order valence-corrected chi connectivity index (χ1v) is 15.6. The van der Waals surface area contributed by atoms with Crippen molar-refractivity contribution in [1.82, 2.24) is 16.0 Å². The van der Waals surface area contributed by atoms with Crippen molar-refractivity contribution < 1.29 is 65.4 Å². The SMILES string of the molecule is CCO[Si](CCCNC(=O)NC(C)(C)SCC(C)C(=O)NCCS(=O)(=O)[O-])(OCC)OCC.[Na+]. The van der Waals surface area contributed by atoms with Crippen LogP contribution in [0.25, 0.3) is 0 Å². The molecule has 0 spiro atoms. The minimum atomic E-state index is -4.36. The summed E-state index contributed by atoms with van der Waals surface area (Å²) in [6.45, 7) is 12.7. The van der Waals surface area contributed by atoms with E-state index in [1.807, 2.05) is 34.6 Å². The van der Waals surface area contributed by atoms with Gasteiger partial charge in [0.25, 0.3) is 0 Å². The quantitative estimate of drug-likeness (QED) is 0.0795. The first kappa shape index (κ1) is 36.3. The molecule has 0 radical (unpaired) electrons. The average molecular weight is 554 g/mol. The second kappa shape index (κ2) is 18.4. The zero-order valence-corrected chi connectivity index (χ0v) is 26.2. The van der Waals surface area contributed by atoms with E-state index in [4.69, 9.17) is 13.3 Å². The van der Waals surface area contributed by atoms with E-state index in [2.05, 4.69) is 16.0 Å². The summed E-state index contributed by atoms with van der Waals surface area (Å²) in [5, 5.41) is 8.11. The van der Waals surface area contributed by atoms with Gasteiger partial charge in [0.1, 0.15) is 0 Å². The molecule has 15 heteroatoms. The Labute approximate surface area is 232 Å². The van der Waals surface area contributed by atoms with Gasteiger partial charge < -0.3 is 33.8 Å². The molecule has 0 aromatic carbocycles. The van der Waals surface area contributed by atoms with Crippen LogP contribution in [-0.4, -0.2) is 83.0 Å². The van der Waals surface area contributed by atoms with Crippen molar-refractivity contribution >= 4 is 42.6 Å². The van der Waals surface area contributed by atoms with Gasteiger partial charge in [-0.3, -0.25) is 4.79 Å². The molecule has 11 nitrogen and oxygen atoms in total. The number of thioether (sulfide) groups is 1. The van der Waals surface area contributed by atoms with E-state index in [9.17, 15) is 22.6 Å². The Morgan fingerprint density at radius 2 is 1.56 bits per heavy atom. The first-order valence-electron chi connectivity index (χ1n) is 11.1. The van der Waals surface area contributed by atoms with Crippen LogP contribution in [0, 0.1) is 5.92 Å². The van der Waals surface area contributed by atoms with Crippen LogP contribution in [0.1, 0.15) is 48.0 Å². The summed E-state index contributed by atoms with van der Waals surface area (Å²) in [4.78, 5) is 23.7. The normalized spacial score (nSPS) is 13.0. The van der Waals surface area contributed by atoms with Crippen LogP contribution in [0.15, 0.2) is 0 Å². The molecule has 0 fully saturated rings. The molecule has 0 aliphatic carbocycles. The molecule has 1 unspecified atom stereocenters. The molecule has 0 rings (SSSR count). The van der Waals surface area contributed by atoms with E-state index in [1.165, 1.54) is 11.8 Å². The Morgan fingerprint density at radius 3 is 2.03 bits per heavy atom. The second-order valence-corrected chi connectivity index (χ2v) is 13.6. The number of nitrogens with one attached hydrogen (secondary N) is 3. The maximum Gasteiger partial charge on any atom is 1.00 e. The molecule has 0 aromatic heterocycles.